The first kappa shape index (κ1) is 20.2. The maximum Gasteiger partial charge on any atom is 0.428 e. The highest BCUT2D eigenvalue weighted by molar-refractivity contribution is 5.86. The third-order valence-electron chi connectivity index (χ3n) is 5.22. The van der Waals surface area contributed by atoms with Gasteiger partial charge in [0.2, 0.25) is 5.65 Å². The molecule has 0 aliphatic rings. The molecule has 0 spiro atoms. The Balaban J connectivity index is 1.83. The summed E-state index contributed by atoms with van der Waals surface area (Å²) in [4.78, 5) is 33.6. The molecule has 3 N–H and O–H groups in total. The van der Waals surface area contributed by atoms with Crippen molar-refractivity contribution in [1.82, 2.24) is 29.5 Å². The molecule has 0 aliphatic heterocycles. The number of halogens is 1. The summed E-state index contributed by atoms with van der Waals surface area (Å²) in [7, 11) is 1.53. The largest absolute Gasteiger partial charge is 0.428 e. The minimum atomic E-state index is -0.550. The average Bonchev–Trinajstić information content (AvgIpc) is 3.14. The maximum absolute atomic E-state index is 14.2. The SMILES string of the molecule is Cn1nc(-c2c(-c3ccccc3)nc(N)[n+]3c(=O)n(Cc4ncccc4F)[nH]c23)ccc1=O. The van der Waals surface area contributed by atoms with Crippen molar-refractivity contribution >= 4 is 11.6 Å². The number of nitrogen functional groups attached to an aromatic ring is 1. The summed E-state index contributed by atoms with van der Waals surface area (Å²) < 4.78 is 17.7. The Morgan fingerprint density at radius 1 is 1.09 bits per heavy atom. The fourth-order valence-corrected chi connectivity index (χ4v) is 3.63. The van der Waals surface area contributed by atoms with Crippen LogP contribution in [0.4, 0.5) is 10.3 Å². The first-order valence-corrected chi connectivity index (χ1v) is 9.97. The Morgan fingerprint density at radius 3 is 2.61 bits per heavy atom. The number of pyridine rings is 1. The van der Waals surface area contributed by atoms with Gasteiger partial charge in [0.1, 0.15) is 29.3 Å². The minimum absolute atomic E-state index is 0.0566. The topological polar surface area (TPSA) is 129 Å². The van der Waals surface area contributed by atoms with Gasteiger partial charge in [0.15, 0.2) is 0 Å². The van der Waals surface area contributed by atoms with Gasteiger partial charge >= 0.3 is 11.6 Å². The molecule has 0 atom stereocenters. The summed E-state index contributed by atoms with van der Waals surface area (Å²) in [6, 6.07) is 14.9. The standard InChI is InChI=1S/C22H17FN8O2/c1-29-17(32)10-9-15(27-29)18-19(13-6-3-2-4-7-13)26-21(24)31-20(18)28-30(22(31)33)12-16-14(23)8-5-11-25-16/h2-11H,12H2,1H3,(H2,24,26,27,28)/p+1. The summed E-state index contributed by atoms with van der Waals surface area (Å²) in [6.45, 7) is -0.145. The lowest BCUT2D eigenvalue weighted by Gasteiger charge is -2.08. The molecule has 5 aromatic rings. The Morgan fingerprint density at radius 2 is 1.88 bits per heavy atom. The third kappa shape index (κ3) is 3.45. The van der Waals surface area contributed by atoms with E-state index in [4.69, 9.17) is 5.73 Å². The van der Waals surface area contributed by atoms with Crippen LogP contribution in [0.3, 0.4) is 0 Å². The van der Waals surface area contributed by atoms with E-state index in [1.165, 1.54) is 45.2 Å². The van der Waals surface area contributed by atoms with Gasteiger partial charge in [-0.25, -0.2) is 19.0 Å². The van der Waals surface area contributed by atoms with Gasteiger partial charge in [0, 0.05) is 24.9 Å². The first-order chi connectivity index (χ1) is 15.9. The van der Waals surface area contributed by atoms with Crippen molar-refractivity contribution in [3.05, 3.63) is 93.1 Å². The van der Waals surface area contributed by atoms with Gasteiger partial charge < -0.3 is 5.73 Å². The number of nitrogens with two attached hydrogens (primary N) is 1. The van der Waals surface area contributed by atoms with Crippen LogP contribution in [-0.4, -0.2) is 29.5 Å². The van der Waals surface area contributed by atoms with E-state index in [1.54, 1.807) is 6.07 Å². The number of fused-ring (bicyclic) bond motifs is 1. The van der Waals surface area contributed by atoms with E-state index in [2.05, 4.69) is 20.2 Å². The van der Waals surface area contributed by atoms with E-state index in [0.29, 0.717) is 22.6 Å². The van der Waals surface area contributed by atoms with Crippen molar-refractivity contribution in [3.8, 4) is 22.5 Å². The van der Waals surface area contributed by atoms with Crippen LogP contribution in [0.1, 0.15) is 5.69 Å². The number of aryl methyl sites for hydroxylation is 1. The van der Waals surface area contributed by atoms with Crippen LogP contribution in [0.15, 0.2) is 70.4 Å². The van der Waals surface area contributed by atoms with Crippen molar-refractivity contribution in [1.29, 1.82) is 0 Å². The highest BCUT2D eigenvalue weighted by Gasteiger charge is 2.27. The molecule has 4 heterocycles. The number of nitrogens with zero attached hydrogens (tertiary/aromatic N) is 6. The second kappa shape index (κ2) is 7.79. The monoisotopic (exact) mass is 445 g/mol. The Labute approximate surface area is 185 Å². The predicted octanol–water partition coefficient (Wildman–Crippen LogP) is 0.902. The molecule has 10 nitrogen and oxygen atoms in total. The predicted molar refractivity (Wildman–Crippen MR) is 118 cm³/mol. The molecular weight excluding hydrogens is 427 g/mol. The smallest absolute Gasteiger partial charge is 0.319 e. The zero-order valence-corrected chi connectivity index (χ0v) is 17.4. The molecule has 33 heavy (non-hydrogen) atoms. The minimum Gasteiger partial charge on any atom is -0.319 e. The van der Waals surface area contributed by atoms with Gasteiger partial charge in [0.05, 0.1) is 5.69 Å². The van der Waals surface area contributed by atoms with Crippen molar-refractivity contribution in [2.45, 2.75) is 6.54 Å². The zero-order chi connectivity index (χ0) is 23.1. The Bertz CT molecular complexity index is 1620. The molecule has 0 saturated heterocycles. The van der Waals surface area contributed by atoms with Gasteiger partial charge in [-0.1, -0.05) is 30.3 Å². The molecule has 0 radical (unpaired) electrons. The van der Waals surface area contributed by atoms with E-state index < -0.39 is 11.5 Å². The fourth-order valence-electron chi connectivity index (χ4n) is 3.63. The quantitative estimate of drug-likeness (QED) is 0.396. The van der Waals surface area contributed by atoms with Gasteiger partial charge in [-0.05, 0) is 18.2 Å². The first-order valence-electron chi connectivity index (χ1n) is 9.97. The van der Waals surface area contributed by atoms with Crippen LogP contribution in [0, 0.1) is 5.82 Å². The molecule has 0 fully saturated rings. The lowest BCUT2D eigenvalue weighted by molar-refractivity contribution is -0.516. The molecule has 0 amide bonds. The molecule has 5 rings (SSSR count). The summed E-state index contributed by atoms with van der Waals surface area (Å²) >= 11 is 0. The lowest BCUT2D eigenvalue weighted by Crippen LogP contribution is -2.44. The molecule has 0 saturated carbocycles. The van der Waals surface area contributed by atoms with Crippen molar-refractivity contribution in [2.24, 2.45) is 7.05 Å². The Hall–Kier alpha value is -4.67. The van der Waals surface area contributed by atoms with Crippen LogP contribution >= 0.6 is 0 Å². The number of aromatic amines is 1. The number of H-pyrrole nitrogens is 1. The molecule has 0 aliphatic carbocycles. The van der Waals surface area contributed by atoms with Gasteiger partial charge in [-0.15, -0.1) is 9.38 Å². The molecule has 0 bridgehead atoms. The van der Waals surface area contributed by atoms with Gasteiger partial charge in [-0.2, -0.15) is 9.78 Å². The van der Waals surface area contributed by atoms with E-state index in [-0.39, 0.29) is 23.7 Å². The number of anilines is 1. The fraction of sp³-hybridized carbons (Fsp3) is 0.0909. The number of aromatic nitrogens is 7. The molecule has 1 aromatic carbocycles. The zero-order valence-electron chi connectivity index (χ0n) is 17.4. The highest BCUT2D eigenvalue weighted by atomic mass is 19.1. The van der Waals surface area contributed by atoms with Crippen molar-refractivity contribution in [2.75, 3.05) is 5.73 Å². The summed E-state index contributed by atoms with van der Waals surface area (Å²) in [5.41, 5.74) is 7.80. The molecule has 4 aromatic heterocycles. The van der Waals surface area contributed by atoms with Crippen LogP contribution in [-0.2, 0) is 13.6 Å². The van der Waals surface area contributed by atoms with E-state index in [9.17, 15) is 14.0 Å². The molecule has 164 valence electrons. The lowest BCUT2D eigenvalue weighted by atomic mass is 10.0. The van der Waals surface area contributed by atoms with Crippen LogP contribution in [0.25, 0.3) is 28.2 Å². The maximum atomic E-state index is 14.2. The molecule has 0 unspecified atom stereocenters. The third-order valence-corrected chi connectivity index (χ3v) is 5.22. The summed E-state index contributed by atoms with van der Waals surface area (Å²) in [5, 5.41) is 7.36. The average molecular weight is 445 g/mol. The molecule has 11 heteroatoms. The van der Waals surface area contributed by atoms with Crippen LogP contribution in [0.5, 0.6) is 0 Å². The van der Waals surface area contributed by atoms with E-state index in [1.807, 2.05) is 30.3 Å². The van der Waals surface area contributed by atoms with Gasteiger partial charge in [-0.3, -0.25) is 9.78 Å². The second-order valence-corrected chi connectivity index (χ2v) is 7.34. The van der Waals surface area contributed by atoms with Gasteiger partial charge in [0.25, 0.3) is 5.56 Å². The second-order valence-electron chi connectivity index (χ2n) is 7.34. The summed E-state index contributed by atoms with van der Waals surface area (Å²) in [6.07, 6.45) is 1.45. The van der Waals surface area contributed by atoms with Crippen molar-refractivity contribution < 1.29 is 8.79 Å². The number of hydrogen-bond acceptors (Lipinski definition) is 6. The summed E-state index contributed by atoms with van der Waals surface area (Å²) in [5.74, 6) is -0.594. The normalized spacial score (nSPS) is 11.2. The van der Waals surface area contributed by atoms with E-state index >= 15 is 0 Å². The highest BCUT2D eigenvalue weighted by Crippen LogP contribution is 2.31. The number of benzene rings is 1. The number of rotatable bonds is 4. The van der Waals surface area contributed by atoms with Crippen LogP contribution in [0.2, 0.25) is 0 Å². The van der Waals surface area contributed by atoms with E-state index in [0.717, 1.165) is 5.56 Å². The Kier molecular flexibility index (Phi) is 4.78. The number of nitrogens with one attached hydrogen (secondary N) is 1. The number of hydrogen-bond donors (Lipinski definition) is 2. The van der Waals surface area contributed by atoms with Crippen LogP contribution < -0.4 is 21.4 Å². The molecular formula is C22H18FN8O2+. The van der Waals surface area contributed by atoms with Crippen molar-refractivity contribution in [3.63, 3.8) is 0 Å².